The Labute approximate surface area is 216 Å². The van der Waals surface area contributed by atoms with Crippen molar-refractivity contribution in [3.63, 3.8) is 0 Å². The summed E-state index contributed by atoms with van der Waals surface area (Å²) < 4.78 is 70.2. The monoisotopic (exact) mass is 530 g/mol. The van der Waals surface area contributed by atoms with E-state index in [1.54, 1.807) is 36.2 Å². The summed E-state index contributed by atoms with van der Waals surface area (Å²) in [4.78, 5) is 27.5. The molecule has 5 rings (SSSR count). The molecule has 1 unspecified atom stereocenters. The summed E-state index contributed by atoms with van der Waals surface area (Å²) in [6, 6.07) is 12.7. The molecule has 1 aliphatic carbocycles. The number of alkyl halides is 4. The van der Waals surface area contributed by atoms with Gasteiger partial charge in [-0.3, -0.25) is 9.59 Å². The quantitative estimate of drug-likeness (QED) is 0.412. The molecule has 0 saturated carbocycles. The zero-order chi connectivity index (χ0) is 27.5. The van der Waals surface area contributed by atoms with Crippen LogP contribution in [0.15, 0.2) is 65.6 Å². The van der Waals surface area contributed by atoms with E-state index in [1.165, 1.54) is 41.1 Å². The van der Waals surface area contributed by atoms with Gasteiger partial charge in [-0.2, -0.15) is 13.2 Å². The maximum absolute atomic E-state index is 14.8. The summed E-state index contributed by atoms with van der Waals surface area (Å²) in [5, 5.41) is 0. The number of aryl methyl sites for hydroxylation is 2. The maximum Gasteiger partial charge on any atom is 0.426 e. The molecule has 1 aliphatic heterocycles. The van der Waals surface area contributed by atoms with Gasteiger partial charge in [-0.1, -0.05) is 30.3 Å². The minimum Gasteiger partial charge on any atom is -0.335 e. The number of fused-ring (bicyclic) bond motifs is 3. The Bertz CT molecular complexity index is 1440. The summed E-state index contributed by atoms with van der Waals surface area (Å²) >= 11 is 0. The highest BCUT2D eigenvalue weighted by Gasteiger charge is 2.55. The molecular weight excluding hydrogens is 503 g/mol. The lowest BCUT2D eigenvalue weighted by Crippen LogP contribution is -2.49. The van der Waals surface area contributed by atoms with E-state index in [1.807, 2.05) is 0 Å². The van der Waals surface area contributed by atoms with Crippen molar-refractivity contribution >= 4 is 5.91 Å². The van der Waals surface area contributed by atoms with Crippen molar-refractivity contribution < 1.29 is 26.7 Å². The second-order valence-corrected chi connectivity index (χ2v) is 10.5. The van der Waals surface area contributed by atoms with Crippen LogP contribution in [0.2, 0.25) is 0 Å². The van der Waals surface area contributed by atoms with Crippen LogP contribution >= 0.6 is 0 Å². The van der Waals surface area contributed by atoms with Gasteiger partial charge in [-0.15, -0.1) is 0 Å². The van der Waals surface area contributed by atoms with E-state index in [4.69, 9.17) is 0 Å². The molecule has 2 heterocycles. The van der Waals surface area contributed by atoms with Crippen LogP contribution in [0.1, 0.15) is 52.4 Å². The number of benzene rings is 2. The van der Waals surface area contributed by atoms with Gasteiger partial charge in [0.1, 0.15) is 5.82 Å². The molecule has 4 nitrogen and oxygen atoms in total. The highest BCUT2D eigenvalue weighted by Crippen LogP contribution is 2.51. The van der Waals surface area contributed by atoms with Crippen LogP contribution in [0, 0.1) is 5.82 Å². The molecule has 0 N–H and O–H groups in total. The van der Waals surface area contributed by atoms with Crippen LogP contribution in [-0.2, 0) is 31.0 Å². The third-order valence-electron chi connectivity index (χ3n) is 8.26. The Morgan fingerprint density at radius 2 is 1.76 bits per heavy atom. The van der Waals surface area contributed by atoms with Gasteiger partial charge in [-0.05, 0) is 73.1 Å². The maximum atomic E-state index is 14.8. The minimum atomic E-state index is -5.06. The van der Waals surface area contributed by atoms with Crippen LogP contribution in [0.25, 0.3) is 0 Å². The number of pyridine rings is 1. The van der Waals surface area contributed by atoms with E-state index in [0.717, 1.165) is 11.1 Å². The van der Waals surface area contributed by atoms with Gasteiger partial charge in [-0.25, -0.2) is 8.78 Å². The summed E-state index contributed by atoms with van der Waals surface area (Å²) in [5.41, 5.74) is -2.44. The predicted molar refractivity (Wildman–Crippen MR) is 132 cm³/mol. The molecule has 3 aromatic rings. The number of carbonyl (C=O) groups excluding carboxylic acids is 1. The molecule has 9 heteroatoms. The molecule has 1 amide bonds. The second kappa shape index (κ2) is 9.06. The van der Waals surface area contributed by atoms with Crippen molar-refractivity contribution in [3.8, 4) is 0 Å². The third-order valence-corrected chi connectivity index (χ3v) is 8.26. The first-order valence-corrected chi connectivity index (χ1v) is 12.5. The van der Waals surface area contributed by atoms with Crippen molar-refractivity contribution in [1.82, 2.24) is 9.47 Å². The Balaban J connectivity index is 1.59. The number of nitrogens with zero attached hydrogens (tertiary/aromatic N) is 2. The number of rotatable bonds is 4. The van der Waals surface area contributed by atoms with Crippen molar-refractivity contribution in [2.45, 2.75) is 55.9 Å². The number of amides is 1. The molecule has 3 atom stereocenters. The van der Waals surface area contributed by atoms with E-state index >= 15 is 0 Å². The Morgan fingerprint density at radius 1 is 1.05 bits per heavy atom. The van der Waals surface area contributed by atoms with Gasteiger partial charge in [0.25, 0.3) is 11.5 Å². The number of carbonyl (C=O) groups is 1. The Hall–Kier alpha value is -3.49. The van der Waals surface area contributed by atoms with E-state index < -0.39 is 22.8 Å². The largest absolute Gasteiger partial charge is 0.426 e. The predicted octanol–water partition coefficient (Wildman–Crippen LogP) is 5.61. The van der Waals surface area contributed by atoms with Crippen LogP contribution in [0.4, 0.5) is 22.0 Å². The highest BCUT2D eigenvalue weighted by molar-refractivity contribution is 5.94. The topological polar surface area (TPSA) is 42.3 Å². The molecular formula is C29H27F5N2O2. The van der Waals surface area contributed by atoms with E-state index in [-0.39, 0.29) is 28.9 Å². The van der Waals surface area contributed by atoms with Gasteiger partial charge in [0.15, 0.2) is 0 Å². The van der Waals surface area contributed by atoms with Crippen LogP contribution in [0.5, 0.6) is 0 Å². The average molecular weight is 531 g/mol. The number of likely N-dealkylation sites (tertiary alicyclic amines) is 1. The standard InChI is InChI=1S/C29H27F5N2O2/c1-27(31,29(32,33)34)21-6-9-23-19(15-21)5-10-24-28(23,17-18-3-7-22(30)8-4-18)12-14-36(24)26(38)20-11-13-35(2)25(37)16-20/h3-4,6-9,11,13,15-16,24H,5,10,12,14,17H2,1-2H3/t24-,27?,28-/m1/s1. The molecule has 1 aromatic heterocycles. The lowest BCUT2D eigenvalue weighted by molar-refractivity contribution is -0.228. The number of hydrogen-bond acceptors (Lipinski definition) is 2. The fourth-order valence-corrected chi connectivity index (χ4v) is 6.08. The fourth-order valence-electron chi connectivity index (χ4n) is 6.08. The molecule has 1 fully saturated rings. The van der Waals surface area contributed by atoms with Crippen molar-refractivity contribution in [2.75, 3.05) is 6.54 Å². The van der Waals surface area contributed by atoms with Crippen molar-refractivity contribution in [2.24, 2.45) is 7.05 Å². The minimum absolute atomic E-state index is 0.269. The molecule has 2 aliphatic rings. The third kappa shape index (κ3) is 4.22. The summed E-state index contributed by atoms with van der Waals surface area (Å²) in [5.74, 6) is -0.679. The zero-order valence-corrected chi connectivity index (χ0v) is 21.0. The van der Waals surface area contributed by atoms with Crippen molar-refractivity contribution in [1.29, 1.82) is 0 Å². The fraction of sp³-hybridized carbons (Fsp3) is 0.379. The molecule has 0 spiro atoms. The molecule has 1 saturated heterocycles. The highest BCUT2D eigenvalue weighted by atomic mass is 19.4. The lowest BCUT2D eigenvalue weighted by atomic mass is 9.63. The number of aromatic nitrogens is 1. The average Bonchev–Trinajstić information content (AvgIpc) is 3.25. The first-order valence-electron chi connectivity index (χ1n) is 12.5. The molecule has 0 radical (unpaired) electrons. The SMILES string of the molecule is Cn1ccc(C(=O)N2CC[C@@]3(Cc4ccc(F)cc4)c4ccc(C(C)(F)C(F)(F)F)cc4CC[C@@H]23)cc1=O. The van der Waals surface area contributed by atoms with Crippen LogP contribution in [0.3, 0.4) is 0 Å². The summed E-state index contributed by atoms with van der Waals surface area (Å²) in [6.45, 7) is 0.902. The number of halogens is 5. The molecule has 0 bridgehead atoms. The van der Waals surface area contributed by atoms with Gasteiger partial charge in [0.2, 0.25) is 5.67 Å². The molecule has 38 heavy (non-hydrogen) atoms. The van der Waals surface area contributed by atoms with Gasteiger partial charge < -0.3 is 9.47 Å². The van der Waals surface area contributed by atoms with Crippen molar-refractivity contribution in [3.05, 3.63) is 105 Å². The van der Waals surface area contributed by atoms with Gasteiger partial charge >= 0.3 is 6.18 Å². The smallest absolute Gasteiger partial charge is 0.335 e. The molecule has 2 aromatic carbocycles. The molecule has 200 valence electrons. The van der Waals surface area contributed by atoms with E-state index in [0.29, 0.717) is 44.7 Å². The Morgan fingerprint density at radius 3 is 2.42 bits per heavy atom. The zero-order valence-electron chi connectivity index (χ0n) is 21.0. The first kappa shape index (κ1) is 26.1. The van der Waals surface area contributed by atoms with Gasteiger partial charge in [0.05, 0.1) is 0 Å². The van der Waals surface area contributed by atoms with E-state index in [9.17, 15) is 31.5 Å². The first-order chi connectivity index (χ1) is 17.8. The number of hydrogen-bond donors (Lipinski definition) is 0. The van der Waals surface area contributed by atoms with Gasteiger partial charge in [0, 0.05) is 42.9 Å². The summed E-state index contributed by atoms with van der Waals surface area (Å²) in [6.07, 6.45) is -1.76. The van der Waals surface area contributed by atoms with Crippen LogP contribution < -0.4 is 5.56 Å². The van der Waals surface area contributed by atoms with Crippen LogP contribution in [-0.4, -0.2) is 34.1 Å². The van der Waals surface area contributed by atoms with E-state index in [2.05, 4.69) is 0 Å². The normalized spacial score (nSPS) is 22.5. The second-order valence-electron chi connectivity index (χ2n) is 10.5. The lowest BCUT2D eigenvalue weighted by Gasteiger charge is -2.44. The Kier molecular flexibility index (Phi) is 6.23. The summed E-state index contributed by atoms with van der Waals surface area (Å²) in [7, 11) is 1.59.